The minimum atomic E-state index is -1.52. The number of aliphatic hydroxyl groups is 1. The van der Waals surface area contributed by atoms with Gasteiger partial charge in [0.15, 0.2) is 5.56 Å². The van der Waals surface area contributed by atoms with Crippen LogP contribution in [0.5, 0.6) is 5.75 Å². The van der Waals surface area contributed by atoms with Gasteiger partial charge in [-0.3, -0.25) is 4.79 Å². The van der Waals surface area contributed by atoms with Crippen LogP contribution in [-0.2, 0) is 0 Å². The minimum absolute atomic E-state index is 0.0654. The lowest BCUT2D eigenvalue weighted by Gasteiger charge is -2.00. The Balaban J connectivity index is 2.90. The van der Waals surface area contributed by atoms with Crippen LogP contribution in [-0.4, -0.2) is 21.6 Å². The SMILES string of the molecule is O=C(c1ccc(O)cc1)C(O)Cl. The number of alkyl halides is 1. The van der Waals surface area contributed by atoms with E-state index in [4.69, 9.17) is 21.8 Å². The number of carbonyl (C=O) groups excluding carboxylic acids is 1. The maximum Gasteiger partial charge on any atom is 0.206 e. The zero-order valence-electron chi connectivity index (χ0n) is 6.07. The Labute approximate surface area is 74.2 Å². The topological polar surface area (TPSA) is 57.5 Å². The molecule has 0 aromatic heterocycles. The lowest BCUT2D eigenvalue weighted by Crippen LogP contribution is -2.12. The van der Waals surface area contributed by atoms with Crippen molar-refractivity contribution in [1.29, 1.82) is 0 Å². The predicted molar refractivity (Wildman–Crippen MR) is 44.3 cm³/mol. The molecule has 0 fully saturated rings. The third-order valence-corrected chi connectivity index (χ3v) is 1.57. The van der Waals surface area contributed by atoms with Gasteiger partial charge >= 0.3 is 0 Å². The molecular weight excluding hydrogens is 180 g/mol. The van der Waals surface area contributed by atoms with Gasteiger partial charge in [-0.15, -0.1) is 0 Å². The molecule has 1 unspecified atom stereocenters. The zero-order chi connectivity index (χ0) is 9.14. The van der Waals surface area contributed by atoms with E-state index in [1.807, 2.05) is 0 Å². The van der Waals surface area contributed by atoms with Crippen molar-refractivity contribution >= 4 is 17.4 Å². The number of aliphatic hydroxyl groups excluding tert-OH is 1. The van der Waals surface area contributed by atoms with E-state index < -0.39 is 11.3 Å². The fraction of sp³-hybridized carbons (Fsp3) is 0.125. The van der Waals surface area contributed by atoms with Crippen LogP contribution in [0.2, 0.25) is 0 Å². The quantitative estimate of drug-likeness (QED) is 0.538. The second kappa shape index (κ2) is 3.56. The second-order valence-electron chi connectivity index (χ2n) is 2.25. The number of benzene rings is 1. The monoisotopic (exact) mass is 186 g/mol. The third-order valence-electron chi connectivity index (χ3n) is 1.37. The average Bonchev–Trinajstić information content (AvgIpc) is 2.04. The van der Waals surface area contributed by atoms with E-state index in [0.717, 1.165) is 0 Å². The number of phenols is 1. The van der Waals surface area contributed by atoms with Crippen molar-refractivity contribution in [2.45, 2.75) is 5.56 Å². The van der Waals surface area contributed by atoms with Crippen LogP contribution in [0.3, 0.4) is 0 Å². The Morgan fingerprint density at radius 2 is 1.83 bits per heavy atom. The van der Waals surface area contributed by atoms with Crippen molar-refractivity contribution in [2.24, 2.45) is 0 Å². The average molecular weight is 187 g/mol. The number of halogens is 1. The van der Waals surface area contributed by atoms with E-state index in [0.29, 0.717) is 0 Å². The molecule has 12 heavy (non-hydrogen) atoms. The van der Waals surface area contributed by atoms with E-state index in [1.54, 1.807) is 0 Å². The number of phenolic OH excluding ortho intramolecular Hbond substituents is 1. The highest BCUT2D eigenvalue weighted by atomic mass is 35.5. The highest BCUT2D eigenvalue weighted by molar-refractivity contribution is 6.32. The van der Waals surface area contributed by atoms with Crippen LogP contribution < -0.4 is 0 Å². The summed E-state index contributed by atoms with van der Waals surface area (Å²) in [5.74, 6) is -0.507. The van der Waals surface area contributed by atoms with Crippen LogP contribution in [0.25, 0.3) is 0 Å². The number of ketones is 1. The number of aromatic hydroxyl groups is 1. The number of hydrogen-bond acceptors (Lipinski definition) is 3. The lowest BCUT2D eigenvalue weighted by molar-refractivity contribution is 0.0860. The smallest absolute Gasteiger partial charge is 0.206 e. The Bertz CT molecular complexity index is 279. The fourth-order valence-corrected chi connectivity index (χ4v) is 0.889. The van der Waals surface area contributed by atoms with Gasteiger partial charge in [-0.25, -0.2) is 0 Å². The maximum atomic E-state index is 11.0. The largest absolute Gasteiger partial charge is 0.508 e. The molecule has 4 heteroatoms. The van der Waals surface area contributed by atoms with Gasteiger partial charge in [0.25, 0.3) is 0 Å². The van der Waals surface area contributed by atoms with Crippen molar-refractivity contribution < 1.29 is 15.0 Å². The highest BCUT2D eigenvalue weighted by Crippen LogP contribution is 2.12. The first kappa shape index (κ1) is 9.03. The van der Waals surface area contributed by atoms with Crippen molar-refractivity contribution in [3.05, 3.63) is 29.8 Å². The van der Waals surface area contributed by atoms with Crippen molar-refractivity contribution in [2.75, 3.05) is 0 Å². The van der Waals surface area contributed by atoms with Gasteiger partial charge in [-0.1, -0.05) is 11.6 Å². The molecule has 0 heterocycles. The lowest BCUT2D eigenvalue weighted by atomic mass is 10.1. The molecule has 1 aromatic carbocycles. The summed E-state index contributed by atoms with van der Waals surface area (Å²) >= 11 is 5.15. The van der Waals surface area contributed by atoms with Gasteiger partial charge in [0.1, 0.15) is 5.75 Å². The molecular formula is C8H7ClO3. The molecule has 0 saturated carbocycles. The Morgan fingerprint density at radius 1 is 1.33 bits per heavy atom. The Kier molecular flexibility index (Phi) is 2.68. The van der Waals surface area contributed by atoms with E-state index in [9.17, 15) is 4.79 Å². The first-order chi connectivity index (χ1) is 5.61. The first-order valence-corrected chi connectivity index (χ1v) is 3.70. The first-order valence-electron chi connectivity index (χ1n) is 3.26. The molecule has 64 valence electrons. The molecule has 0 radical (unpaired) electrons. The number of rotatable bonds is 2. The zero-order valence-corrected chi connectivity index (χ0v) is 6.82. The van der Waals surface area contributed by atoms with Crippen LogP contribution in [0.1, 0.15) is 10.4 Å². The van der Waals surface area contributed by atoms with Crippen LogP contribution >= 0.6 is 11.6 Å². The molecule has 1 rings (SSSR count). The van der Waals surface area contributed by atoms with Crippen molar-refractivity contribution in [3.8, 4) is 5.75 Å². The van der Waals surface area contributed by atoms with Crippen LogP contribution in [0.4, 0.5) is 0 Å². The predicted octanol–water partition coefficient (Wildman–Crippen LogP) is 1.13. The number of Topliss-reactive ketones (excluding diaryl/α,β-unsaturated/α-hetero) is 1. The summed E-state index contributed by atoms with van der Waals surface area (Å²) in [4.78, 5) is 11.0. The number of hydrogen-bond donors (Lipinski definition) is 2. The van der Waals surface area contributed by atoms with Gasteiger partial charge < -0.3 is 10.2 Å². The Hall–Kier alpha value is -1.06. The van der Waals surface area contributed by atoms with Gasteiger partial charge in [0, 0.05) is 5.56 Å². The van der Waals surface area contributed by atoms with Crippen molar-refractivity contribution in [3.63, 3.8) is 0 Å². The van der Waals surface area contributed by atoms with Gasteiger partial charge in [0.2, 0.25) is 5.78 Å². The highest BCUT2D eigenvalue weighted by Gasteiger charge is 2.12. The second-order valence-corrected chi connectivity index (χ2v) is 2.66. The molecule has 0 bridgehead atoms. The van der Waals surface area contributed by atoms with E-state index in [-0.39, 0.29) is 11.3 Å². The summed E-state index contributed by atoms with van der Waals surface area (Å²) in [6.07, 6.45) is 0. The molecule has 1 aromatic rings. The Morgan fingerprint density at radius 3 is 2.25 bits per heavy atom. The summed E-state index contributed by atoms with van der Waals surface area (Å²) < 4.78 is 0. The molecule has 3 nitrogen and oxygen atoms in total. The van der Waals surface area contributed by atoms with E-state index in [2.05, 4.69) is 0 Å². The van der Waals surface area contributed by atoms with Gasteiger partial charge in [-0.05, 0) is 24.3 Å². The standard InChI is InChI=1S/C8H7ClO3/c9-8(12)7(11)5-1-3-6(10)4-2-5/h1-4,8,10,12H. The molecule has 0 spiro atoms. The molecule has 0 aliphatic rings. The summed E-state index contributed by atoms with van der Waals surface area (Å²) in [6.45, 7) is 0. The molecule has 0 saturated heterocycles. The normalized spacial score (nSPS) is 12.5. The molecule has 0 aliphatic heterocycles. The van der Waals surface area contributed by atoms with Crippen molar-refractivity contribution in [1.82, 2.24) is 0 Å². The summed E-state index contributed by atoms with van der Waals surface area (Å²) in [5.41, 5.74) is -1.25. The minimum Gasteiger partial charge on any atom is -0.508 e. The van der Waals surface area contributed by atoms with E-state index in [1.165, 1.54) is 24.3 Å². The maximum absolute atomic E-state index is 11.0. The summed E-state index contributed by atoms with van der Waals surface area (Å²) in [6, 6.07) is 5.49. The number of carbonyl (C=O) groups is 1. The van der Waals surface area contributed by atoms with Crippen LogP contribution in [0, 0.1) is 0 Å². The third kappa shape index (κ3) is 1.96. The van der Waals surface area contributed by atoms with Gasteiger partial charge in [0.05, 0.1) is 0 Å². The summed E-state index contributed by atoms with van der Waals surface area (Å²) in [5, 5.41) is 17.6. The van der Waals surface area contributed by atoms with E-state index >= 15 is 0 Å². The molecule has 0 aliphatic carbocycles. The summed E-state index contributed by atoms with van der Waals surface area (Å²) in [7, 11) is 0. The van der Waals surface area contributed by atoms with Gasteiger partial charge in [-0.2, -0.15) is 0 Å². The molecule has 2 N–H and O–H groups in total. The molecule has 1 atom stereocenters. The fourth-order valence-electron chi connectivity index (χ4n) is 0.763. The van der Waals surface area contributed by atoms with Crippen LogP contribution in [0.15, 0.2) is 24.3 Å². The molecule has 0 amide bonds.